The zero-order valence-corrected chi connectivity index (χ0v) is 24.7. The topological polar surface area (TPSA) is 102 Å². The molecular formula is C36H39N3O4. The van der Waals surface area contributed by atoms with Crippen LogP contribution in [0, 0.1) is 0 Å². The Bertz CT molecular complexity index is 1420. The molecule has 0 aliphatic rings. The highest BCUT2D eigenvalue weighted by Crippen LogP contribution is 2.36. The summed E-state index contributed by atoms with van der Waals surface area (Å²) in [6.45, 7) is 4.28. The highest BCUT2D eigenvalue weighted by Gasteiger charge is 2.43. The van der Waals surface area contributed by atoms with Gasteiger partial charge in [0.05, 0.1) is 11.5 Å². The van der Waals surface area contributed by atoms with Crippen LogP contribution in [0.1, 0.15) is 54.9 Å². The summed E-state index contributed by atoms with van der Waals surface area (Å²) in [6.07, 6.45) is 0.113. The number of carbonyl (C=O) groups is 3. The Morgan fingerprint density at radius 1 is 0.767 bits per heavy atom. The van der Waals surface area contributed by atoms with Gasteiger partial charge in [-0.15, -0.1) is 0 Å². The number of hydrogen-bond acceptors (Lipinski definition) is 4. The number of hydrogen-bond donors (Lipinski definition) is 2. The molecule has 0 aromatic heterocycles. The lowest BCUT2D eigenvalue weighted by Gasteiger charge is -2.45. The molecule has 7 nitrogen and oxygen atoms in total. The minimum Gasteiger partial charge on any atom is -0.445 e. The van der Waals surface area contributed by atoms with E-state index in [1.807, 2.05) is 135 Å². The molecule has 222 valence electrons. The number of nitrogens with zero attached hydrogens (tertiary/aromatic N) is 1. The first-order valence-electron chi connectivity index (χ1n) is 14.5. The molecule has 43 heavy (non-hydrogen) atoms. The van der Waals surface area contributed by atoms with Gasteiger partial charge in [-0.05, 0) is 48.9 Å². The molecule has 0 saturated heterocycles. The quantitative estimate of drug-likeness (QED) is 0.186. The minimum absolute atomic E-state index is 0.157. The number of rotatable bonds is 13. The Balaban J connectivity index is 1.59. The van der Waals surface area contributed by atoms with E-state index in [0.717, 1.165) is 22.3 Å². The maximum absolute atomic E-state index is 14.8. The van der Waals surface area contributed by atoms with E-state index in [-0.39, 0.29) is 25.5 Å². The van der Waals surface area contributed by atoms with Crippen molar-refractivity contribution in [2.45, 2.75) is 50.8 Å². The summed E-state index contributed by atoms with van der Waals surface area (Å²) >= 11 is 0. The van der Waals surface area contributed by atoms with E-state index in [1.165, 1.54) is 0 Å². The molecule has 3 N–H and O–H groups in total. The van der Waals surface area contributed by atoms with Crippen LogP contribution in [0.25, 0.3) is 0 Å². The molecule has 0 spiro atoms. The van der Waals surface area contributed by atoms with Gasteiger partial charge in [0.15, 0.2) is 0 Å². The number of benzene rings is 4. The van der Waals surface area contributed by atoms with E-state index in [9.17, 15) is 14.4 Å². The fraction of sp³-hybridized carbons (Fsp3) is 0.250. The average Bonchev–Trinajstić information content (AvgIpc) is 3.03. The lowest BCUT2D eigenvalue weighted by molar-refractivity contribution is -0.147. The van der Waals surface area contributed by atoms with Gasteiger partial charge in [0, 0.05) is 6.54 Å². The second kappa shape index (κ2) is 14.8. The van der Waals surface area contributed by atoms with E-state index in [2.05, 4.69) is 5.32 Å². The summed E-state index contributed by atoms with van der Waals surface area (Å²) in [5.74, 6) is -1.49. The van der Waals surface area contributed by atoms with Gasteiger partial charge < -0.3 is 20.7 Å². The van der Waals surface area contributed by atoms with E-state index < -0.39 is 29.5 Å². The van der Waals surface area contributed by atoms with Gasteiger partial charge in [-0.1, -0.05) is 121 Å². The van der Waals surface area contributed by atoms with Crippen molar-refractivity contribution in [3.63, 3.8) is 0 Å². The fourth-order valence-electron chi connectivity index (χ4n) is 5.37. The Labute approximate surface area is 253 Å². The normalized spacial score (nSPS) is 11.9. The lowest BCUT2D eigenvalue weighted by Crippen LogP contribution is -2.57. The van der Waals surface area contributed by atoms with Crippen molar-refractivity contribution in [2.24, 2.45) is 5.73 Å². The Hall–Kier alpha value is -4.91. The predicted octanol–water partition coefficient (Wildman–Crippen LogP) is 6.14. The largest absolute Gasteiger partial charge is 0.445 e. The average molecular weight is 578 g/mol. The van der Waals surface area contributed by atoms with Gasteiger partial charge in [-0.25, -0.2) is 4.79 Å². The highest BCUT2D eigenvalue weighted by atomic mass is 16.5. The van der Waals surface area contributed by atoms with Crippen LogP contribution >= 0.6 is 0 Å². The zero-order chi connectivity index (χ0) is 30.7. The van der Waals surface area contributed by atoms with E-state index in [0.29, 0.717) is 6.42 Å². The monoisotopic (exact) mass is 577 g/mol. The van der Waals surface area contributed by atoms with Crippen LogP contribution in [-0.4, -0.2) is 35.4 Å². The van der Waals surface area contributed by atoms with E-state index in [4.69, 9.17) is 10.5 Å². The maximum atomic E-state index is 14.8. The molecule has 7 heteroatoms. The van der Waals surface area contributed by atoms with E-state index in [1.54, 1.807) is 4.90 Å². The van der Waals surface area contributed by atoms with Crippen LogP contribution in [0.4, 0.5) is 4.79 Å². The Morgan fingerprint density at radius 3 is 1.77 bits per heavy atom. The molecule has 0 radical (unpaired) electrons. The van der Waals surface area contributed by atoms with Gasteiger partial charge in [-0.2, -0.15) is 0 Å². The molecule has 4 aromatic rings. The standard InChI is InChI=1S/C36H39N3O4/c1-36(2,30-22-13-6-14-23-30)39(34(41)32(28-18-9-4-10-19-28)29-20-11-5-12-21-29)31(33(37)40)24-15-25-38-35(42)43-26-27-16-7-3-8-17-27/h3-14,16-23,31-32H,15,24-26H2,1-2H3,(H2,37,40)(H,38,42)/t31-/m1/s1. The predicted molar refractivity (Wildman–Crippen MR) is 168 cm³/mol. The molecule has 0 bridgehead atoms. The van der Waals surface area contributed by atoms with Gasteiger partial charge in [-0.3, -0.25) is 9.59 Å². The summed E-state index contributed by atoms with van der Waals surface area (Å²) in [7, 11) is 0. The molecule has 0 saturated carbocycles. The van der Waals surface area contributed by atoms with Gasteiger partial charge >= 0.3 is 6.09 Å². The second-order valence-corrected chi connectivity index (χ2v) is 10.9. The van der Waals surface area contributed by atoms with Crippen molar-refractivity contribution in [3.05, 3.63) is 144 Å². The third kappa shape index (κ3) is 8.10. The van der Waals surface area contributed by atoms with Crippen LogP contribution in [0.2, 0.25) is 0 Å². The van der Waals surface area contributed by atoms with Crippen LogP contribution < -0.4 is 11.1 Å². The second-order valence-electron chi connectivity index (χ2n) is 10.9. The number of nitrogens with one attached hydrogen (secondary N) is 1. The molecular weight excluding hydrogens is 538 g/mol. The molecule has 4 rings (SSSR count). The maximum Gasteiger partial charge on any atom is 0.407 e. The van der Waals surface area contributed by atoms with Gasteiger partial charge in [0.25, 0.3) is 0 Å². The van der Waals surface area contributed by atoms with Crippen molar-refractivity contribution in [1.82, 2.24) is 10.2 Å². The molecule has 0 fully saturated rings. The Kier molecular flexibility index (Phi) is 10.7. The fourth-order valence-corrected chi connectivity index (χ4v) is 5.37. The first kappa shape index (κ1) is 31.0. The lowest BCUT2D eigenvalue weighted by atomic mass is 9.84. The summed E-state index contributed by atoms with van der Waals surface area (Å²) in [4.78, 5) is 41.9. The Morgan fingerprint density at radius 2 is 1.26 bits per heavy atom. The summed E-state index contributed by atoms with van der Waals surface area (Å²) in [5, 5.41) is 2.74. The molecule has 0 unspecified atom stereocenters. The molecule has 0 heterocycles. The molecule has 0 aliphatic carbocycles. The molecule has 4 aromatic carbocycles. The van der Waals surface area contributed by atoms with Crippen molar-refractivity contribution in [3.8, 4) is 0 Å². The third-order valence-electron chi connectivity index (χ3n) is 7.61. The number of carbonyl (C=O) groups excluding carboxylic acids is 3. The number of primary amides is 1. The summed E-state index contributed by atoms with van der Waals surface area (Å²) in [6, 6.07) is 37.2. The summed E-state index contributed by atoms with van der Waals surface area (Å²) in [5.41, 5.74) is 8.54. The SMILES string of the molecule is CC(C)(c1ccccc1)N(C(=O)C(c1ccccc1)c1ccccc1)[C@H](CCCNC(=O)OCc1ccccc1)C(N)=O. The molecule has 1 atom stereocenters. The smallest absolute Gasteiger partial charge is 0.407 e. The minimum atomic E-state index is -0.931. The molecule has 0 aliphatic heterocycles. The summed E-state index contributed by atoms with van der Waals surface area (Å²) < 4.78 is 5.30. The number of alkyl carbamates (subject to hydrolysis) is 1. The van der Waals surface area contributed by atoms with Gasteiger partial charge in [0.1, 0.15) is 12.6 Å². The van der Waals surface area contributed by atoms with Crippen LogP contribution in [0.15, 0.2) is 121 Å². The number of ether oxygens (including phenoxy) is 1. The zero-order valence-electron chi connectivity index (χ0n) is 24.7. The van der Waals surface area contributed by atoms with Crippen LogP contribution in [0.5, 0.6) is 0 Å². The van der Waals surface area contributed by atoms with Crippen LogP contribution in [-0.2, 0) is 26.5 Å². The van der Waals surface area contributed by atoms with Gasteiger partial charge in [0.2, 0.25) is 11.8 Å². The van der Waals surface area contributed by atoms with E-state index >= 15 is 0 Å². The highest BCUT2D eigenvalue weighted by molar-refractivity contribution is 5.92. The van der Waals surface area contributed by atoms with Crippen molar-refractivity contribution >= 4 is 17.9 Å². The van der Waals surface area contributed by atoms with Crippen molar-refractivity contribution in [1.29, 1.82) is 0 Å². The van der Waals surface area contributed by atoms with Crippen LogP contribution in [0.3, 0.4) is 0 Å². The third-order valence-corrected chi connectivity index (χ3v) is 7.61. The first-order chi connectivity index (χ1) is 20.8. The first-order valence-corrected chi connectivity index (χ1v) is 14.5. The number of amides is 3. The number of nitrogens with two attached hydrogens (primary N) is 1. The van der Waals surface area contributed by atoms with Crippen molar-refractivity contribution in [2.75, 3.05) is 6.54 Å². The van der Waals surface area contributed by atoms with Crippen molar-refractivity contribution < 1.29 is 19.1 Å². The molecule has 3 amide bonds.